The van der Waals surface area contributed by atoms with E-state index < -0.39 is 5.97 Å². The van der Waals surface area contributed by atoms with Gasteiger partial charge < -0.3 is 4.74 Å². The number of hydrogen-bond acceptors (Lipinski definition) is 4. The summed E-state index contributed by atoms with van der Waals surface area (Å²) >= 11 is 3.33. The van der Waals surface area contributed by atoms with Crippen molar-refractivity contribution >= 4 is 39.4 Å². The molecule has 2 atom stereocenters. The Hall–Kier alpha value is -2.47. The summed E-state index contributed by atoms with van der Waals surface area (Å²) in [4.78, 5) is 39.4. The number of halogens is 1. The number of carbonyl (C=O) groups is 3. The smallest absolute Gasteiger partial charge is 0.343 e. The van der Waals surface area contributed by atoms with E-state index in [1.54, 1.807) is 48.5 Å². The molecular formula is C21H18BrNO4. The molecule has 2 aliphatic rings. The van der Waals surface area contributed by atoms with Gasteiger partial charge in [0.05, 0.1) is 23.1 Å². The number of nitrogens with zero attached hydrogens (tertiary/aromatic N) is 1. The van der Waals surface area contributed by atoms with E-state index in [1.807, 2.05) is 0 Å². The topological polar surface area (TPSA) is 63.7 Å². The van der Waals surface area contributed by atoms with Crippen LogP contribution < -0.4 is 9.64 Å². The molecule has 0 spiro atoms. The quantitative estimate of drug-likeness (QED) is 0.414. The number of rotatable bonds is 3. The molecule has 0 N–H and O–H groups in total. The molecule has 2 aromatic carbocycles. The molecule has 138 valence electrons. The van der Waals surface area contributed by atoms with Gasteiger partial charge in [-0.2, -0.15) is 0 Å². The highest BCUT2D eigenvalue weighted by Crippen LogP contribution is 2.42. The van der Waals surface area contributed by atoms with Gasteiger partial charge in [-0.1, -0.05) is 40.9 Å². The van der Waals surface area contributed by atoms with Gasteiger partial charge in [0.2, 0.25) is 11.8 Å². The fourth-order valence-corrected chi connectivity index (χ4v) is 4.14. The van der Waals surface area contributed by atoms with Crippen molar-refractivity contribution in [3.05, 3.63) is 58.6 Å². The zero-order chi connectivity index (χ0) is 19.0. The molecular weight excluding hydrogens is 410 g/mol. The van der Waals surface area contributed by atoms with Crippen molar-refractivity contribution in [3.8, 4) is 5.75 Å². The highest BCUT2D eigenvalue weighted by molar-refractivity contribution is 9.10. The number of imide groups is 1. The van der Waals surface area contributed by atoms with Crippen LogP contribution in [0.5, 0.6) is 5.75 Å². The third-order valence-electron chi connectivity index (χ3n) is 5.23. The van der Waals surface area contributed by atoms with Crippen LogP contribution in [0.2, 0.25) is 0 Å². The lowest BCUT2D eigenvalue weighted by Gasteiger charge is -2.19. The third kappa shape index (κ3) is 3.30. The van der Waals surface area contributed by atoms with Crippen LogP contribution >= 0.6 is 15.9 Å². The summed E-state index contributed by atoms with van der Waals surface area (Å²) in [5.41, 5.74) is 0.730. The number of carbonyl (C=O) groups excluding carboxylic acids is 3. The lowest BCUT2D eigenvalue weighted by Crippen LogP contribution is -2.31. The van der Waals surface area contributed by atoms with Crippen LogP contribution in [0.1, 0.15) is 36.0 Å². The van der Waals surface area contributed by atoms with Gasteiger partial charge in [0, 0.05) is 4.47 Å². The predicted molar refractivity (Wildman–Crippen MR) is 103 cm³/mol. The van der Waals surface area contributed by atoms with Crippen LogP contribution in [0.4, 0.5) is 5.69 Å². The van der Waals surface area contributed by atoms with E-state index in [-0.39, 0.29) is 29.4 Å². The zero-order valence-electron chi connectivity index (χ0n) is 14.6. The maximum absolute atomic E-state index is 12.9. The SMILES string of the molecule is O=C(Oc1ccccc1N1C(=O)[C@@H]2CCCC[C@H]2C1=O)c1ccc(Br)cc1. The first-order chi connectivity index (χ1) is 13.1. The van der Waals surface area contributed by atoms with Crippen LogP contribution in [-0.4, -0.2) is 17.8 Å². The van der Waals surface area contributed by atoms with Crippen molar-refractivity contribution in [2.24, 2.45) is 11.8 Å². The Morgan fingerprint density at radius 2 is 1.52 bits per heavy atom. The normalized spacial score (nSPS) is 21.9. The molecule has 4 rings (SSSR count). The number of hydrogen-bond donors (Lipinski definition) is 0. The largest absolute Gasteiger partial charge is 0.421 e. The Kier molecular flexibility index (Phi) is 4.83. The summed E-state index contributed by atoms with van der Waals surface area (Å²) in [6, 6.07) is 13.5. The molecule has 2 fully saturated rings. The molecule has 1 aliphatic heterocycles. The van der Waals surface area contributed by atoms with E-state index in [0.717, 1.165) is 30.2 Å². The average molecular weight is 428 g/mol. The Morgan fingerprint density at radius 3 is 2.15 bits per heavy atom. The summed E-state index contributed by atoms with van der Waals surface area (Å²) in [5, 5.41) is 0. The molecule has 0 bridgehead atoms. The number of fused-ring (bicyclic) bond motifs is 1. The van der Waals surface area contributed by atoms with Gasteiger partial charge in [-0.15, -0.1) is 0 Å². The van der Waals surface area contributed by atoms with E-state index >= 15 is 0 Å². The molecule has 6 heteroatoms. The molecule has 5 nitrogen and oxygen atoms in total. The molecule has 27 heavy (non-hydrogen) atoms. The summed E-state index contributed by atoms with van der Waals surface area (Å²) in [6.07, 6.45) is 3.42. The van der Waals surface area contributed by atoms with Gasteiger partial charge in [-0.25, -0.2) is 9.69 Å². The summed E-state index contributed by atoms with van der Waals surface area (Å²) in [6.45, 7) is 0. The molecule has 1 heterocycles. The number of benzene rings is 2. The molecule has 2 aromatic rings. The van der Waals surface area contributed by atoms with Gasteiger partial charge in [0.25, 0.3) is 0 Å². The molecule has 1 saturated heterocycles. The zero-order valence-corrected chi connectivity index (χ0v) is 16.1. The standard InChI is InChI=1S/C21H18BrNO4/c22-14-11-9-13(10-12-14)21(26)27-18-8-4-3-7-17(18)23-19(24)15-5-1-2-6-16(15)20(23)25/h3-4,7-12,15-16H,1-2,5-6H2/t15-,16-/m1/s1. The average Bonchev–Trinajstić information content (AvgIpc) is 2.94. The van der Waals surface area contributed by atoms with Gasteiger partial charge in [-0.05, 0) is 49.2 Å². The Bertz CT molecular complexity index is 885. The van der Waals surface area contributed by atoms with Gasteiger partial charge in [0.15, 0.2) is 5.75 Å². The van der Waals surface area contributed by atoms with Gasteiger partial charge in [0.1, 0.15) is 0 Å². The van der Waals surface area contributed by atoms with Crippen LogP contribution in [0.25, 0.3) is 0 Å². The van der Waals surface area contributed by atoms with Crippen LogP contribution in [0, 0.1) is 11.8 Å². The van der Waals surface area contributed by atoms with E-state index in [4.69, 9.17) is 4.74 Å². The highest BCUT2D eigenvalue weighted by Gasteiger charge is 2.49. The first-order valence-electron chi connectivity index (χ1n) is 9.01. The molecule has 2 amide bonds. The van der Waals surface area contributed by atoms with Gasteiger partial charge in [-0.3, -0.25) is 9.59 Å². The molecule has 0 radical (unpaired) electrons. The minimum absolute atomic E-state index is 0.183. The van der Waals surface area contributed by atoms with Crippen molar-refractivity contribution in [3.63, 3.8) is 0 Å². The second-order valence-electron chi connectivity index (χ2n) is 6.87. The summed E-state index contributed by atoms with van der Waals surface area (Å²) in [7, 11) is 0. The van der Waals surface area contributed by atoms with Crippen LogP contribution in [0.3, 0.4) is 0 Å². The van der Waals surface area contributed by atoms with Crippen LogP contribution in [-0.2, 0) is 9.59 Å². The minimum atomic E-state index is -0.536. The fraction of sp³-hybridized carbons (Fsp3) is 0.286. The lowest BCUT2D eigenvalue weighted by atomic mass is 9.81. The number of amides is 2. The van der Waals surface area contributed by atoms with Crippen LogP contribution in [0.15, 0.2) is 53.0 Å². The lowest BCUT2D eigenvalue weighted by molar-refractivity contribution is -0.122. The van der Waals surface area contributed by atoms with E-state index in [0.29, 0.717) is 11.3 Å². The second-order valence-corrected chi connectivity index (χ2v) is 7.79. The Balaban J connectivity index is 1.63. The van der Waals surface area contributed by atoms with Crippen molar-refractivity contribution in [1.82, 2.24) is 0 Å². The first kappa shape index (κ1) is 17.9. The molecule has 1 aliphatic carbocycles. The second kappa shape index (κ2) is 7.27. The molecule has 1 saturated carbocycles. The third-order valence-corrected chi connectivity index (χ3v) is 5.76. The Morgan fingerprint density at radius 1 is 0.926 bits per heavy atom. The van der Waals surface area contributed by atoms with Gasteiger partial charge >= 0.3 is 5.97 Å². The molecule has 0 unspecified atom stereocenters. The van der Waals surface area contributed by atoms with Crippen molar-refractivity contribution in [1.29, 1.82) is 0 Å². The highest BCUT2D eigenvalue weighted by atomic mass is 79.9. The predicted octanol–water partition coefficient (Wildman–Crippen LogP) is 4.35. The molecule has 0 aromatic heterocycles. The maximum atomic E-state index is 12.9. The summed E-state index contributed by atoms with van der Waals surface area (Å²) < 4.78 is 6.39. The number of anilines is 1. The Labute approximate surface area is 165 Å². The number of ether oxygens (including phenoxy) is 1. The van der Waals surface area contributed by atoms with E-state index in [9.17, 15) is 14.4 Å². The van der Waals surface area contributed by atoms with Crippen molar-refractivity contribution in [2.45, 2.75) is 25.7 Å². The van der Waals surface area contributed by atoms with Crippen molar-refractivity contribution < 1.29 is 19.1 Å². The number of esters is 1. The fourth-order valence-electron chi connectivity index (χ4n) is 3.87. The van der Waals surface area contributed by atoms with E-state index in [2.05, 4.69) is 15.9 Å². The number of para-hydroxylation sites is 2. The summed E-state index contributed by atoms with van der Waals surface area (Å²) in [5.74, 6) is -1.19. The first-order valence-corrected chi connectivity index (χ1v) is 9.80. The minimum Gasteiger partial charge on any atom is -0.421 e. The monoisotopic (exact) mass is 427 g/mol. The van der Waals surface area contributed by atoms with Crippen molar-refractivity contribution in [2.75, 3.05) is 4.90 Å². The van der Waals surface area contributed by atoms with E-state index in [1.165, 1.54) is 4.90 Å². The maximum Gasteiger partial charge on any atom is 0.343 e.